The second-order valence-corrected chi connectivity index (χ2v) is 7.33. The molecule has 1 N–H and O–H groups in total. The van der Waals surface area contributed by atoms with Crippen molar-refractivity contribution in [2.75, 3.05) is 6.54 Å². The molecule has 3 aliphatic heterocycles. The lowest BCUT2D eigenvalue weighted by Crippen LogP contribution is -2.58. The zero-order valence-corrected chi connectivity index (χ0v) is 13.0. The van der Waals surface area contributed by atoms with Crippen LogP contribution in [0, 0.1) is 5.92 Å². The van der Waals surface area contributed by atoms with Gasteiger partial charge in [0.05, 0.1) is 0 Å². The zero-order chi connectivity index (χ0) is 14.7. The van der Waals surface area contributed by atoms with Gasteiger partial charge >= 0.3 is 0 Å². The van der Waals surface area contributed by atoms with Gasteiger partial charge in [0.2, 0.25) is 0 Å². The van der Waals surface area contributed by atoms with E-state index in [2.05, 4.69) is 36.1 Å². The fourth-order valence-corrected chi connectivity index (χ4v) is 5.12. The average molecular weight is 287 g/mol. The molecule has 0 aromatic heterocycles. The molecule has 4 rings (SSSR count). The molecule has 3 saturated heterocycles. The molecule has 114 valence electrons. The van der Waals surface area contributed by atoms with E-state index in [1.54, 1.807) is 0 Å². The summed E-state index contributed by atoms with van der Waals surface area (Å²) < 4.78 is 6.36. The summed E-state index contributed by atoms with van der Waals surface area (Å²) in [5.74, 6) is -0.593. The number of nitrogens with zero attached hydrogens (tertiary/aromatic N) is 1. The number of hydrogen-bond donors (Lipinski definition) is 1. The Morgan fingerprint density at radius 2 is 2.05 bits per heavy atom. The minimum absolute atomic E-state index is 0.297. The largest absolute Gasteiger partial charge is 0.366 e. The van der Waals surface area contributed by atoms with E-state index in [-0.39, 0.29) is 5.60 Å². The topological polar surface area (TPSA) is 32.7 Å². The van der Waals surface area contributed by atoms with Crippen LogP contribution in [0.25, 0.3) is 0 Å². The van der Waals surface area contributed by atoms with Gasteiger partial charge in [-0.15, -0.1) is 0 Å². The highest BCUT2D eigenvalue weighted by Crippen LogP contribution is 2.56. The number of aliphatic hydroxyl groups is 1. The summed E-state index contributed by atoms with van der Waals surface area (Å²) in [7, 11) is 0. The lowest BCUT2D eigenvalue weighted by atomic mass is 9.70. The molecule has 0 radical (unpaired) electrons. The summed E-state index contributed by atoms with van der Waals surface area (Å²) in [4.78, 5) is 2.62. The van der Waals surface area contributed by atoms with Gasteiger partial charge in [-0.05, 0) is 44.2 Å². The van der Waals surface area contributed by atoms with E-state index in [1.807, 2.05) is 13.0 Å². The van der Waals surface area contributed by atoms with Gasteiger partial charge in [-0.2, -0.15) is 0 Å². The quantitative estimate of drug-likeness (QED) is 0.862. The maximum atomic E-state index is 10.6. The third-order valence-corrected chi connectivity index (χ3v) is 5.86. The summed E-state index contributed by atoms with van der Waals surface area (Å²) in [6, 6.07) is 11.5. The van der Waals surface area contributed by atoms with Crippen molar-refractivity contribution in [3.05, 3.63) is 35.9 Å². The van der Waals surface area contributed by atoms with Crippen LogP contribution in [0.15, 0.2) is 30.3 Å². The minimum atomic E-state index is -1.02. The number of rotatable bonds is 1. The molecule has 1 aromatic carbocycles. The molecule has 0 spiro atoms. The Bertz CT molecular complexity index is 529. The molecular weight excluding hydrogens is 262 g/mol. The molecule has 0 aliphatic carbocycles. The molecule has 3 nitrogen and oxygen atoms in total. The molecule has 0 amide bonds. The normalized spacial score (nSPS) is 46.3. The smallest absolute Gasteiger partial charge is 0.165 e. The van der Waals surface area contributed by atoms with Crippen molar-refractivity contribution < 1.29 is 9.84 Å². The van der Waals surface area contributed by atoms with E-state index >= 15 is 0 Å². The van der Waals surface area contributed by atoms with Crippen LogP contribution in [-0.4, -0.2) is 34.4 Å². The molecule has 3 fully saturated rings. The number of fused-ring (bicyclic) bond motifs is 3. The van der Waals surface area contributed by atoms with Crippen molar-refractivity contribution >= 4 is 0 Å². The van der Waals surface area contributed by atoms with Gasteiger partial charge in [-0.25, -0.2) is 0 Å². The van der Waals surface area contributed by atoms with Crippen molar-refractivity contribution in [1.82, 2.24) is 4.90 Å². The van der Waals surface area contributed by atoms with Crippen molar-refractivity contribution in [2.45, 2.75) is 63.0 Å². The average Bonchev–Trinajstić information content (AvgIpc) is 3.01. The van der Waals surface area contributed by atoms with E-state index in [1.165, 1.54) is 24.8 Å². The standard InChI is InChI=1S/C18H25NO2/c1-13-11-15-9-6-10-19(15)16-12-17(2,20)21-18(13,16)14-7-4-3-5-8-14/h3-5,7-8,13,15-16,20H,6,9-12H2,1-2H3/t13-,15+,16-,17-,18+/m0/s1. The fraction of sp³-hybridized carbons (Fsp3) is 0.667. The van der Waals surface area contributed by atoms with E-state index in [4.69, 9.17) is 4.74 Å². The third-order valence-electron chi connectivity index (χ3n) is 5.86. The van der Waals surface area contributed by atoms with Crippen molar-refractivity contribution in [1.29, 1.82) is 0 Å². The first-order chi connectivity index (χ1) is 10.0. The number of benzene rings is 1. The Balaban J connectivity index is 1.84. The van der Waals surface area contributed by atoms with Crippen LogP contribution in [0.4, 0.5) is 0 Å². The molecule has 21 heavy (non-hydrogen) atoms. The van der Waals surface area contributed by atoms with Crippen LogP contribution < -0.4 is 0 Å². The molecule has 3 aliphatic rings. The van der Waals surface area contributed by atoms with Crippen LogP contribution in [-0.2, 0) is 10.3 Å². The van der Waals surface area contributed by atoms with E-state index in [9.17, 15) is 5.11 Å². The highest BCUT2D eigenvalue weighted by Gasteiger charge is 2.62. The maximum absolute atomic E-state index is 10.6. The number of piperidine rings is 1. The van der Waals surface area contributed by atoms with Crippen LogP contribution >= 0.6 is 0 Å². The van der Waals surface area contributed by atoms with Crippen molar-refractivity contribution in [3.63, 3.8) is 0 Å². The van der Waals surface area contributed by atoms with Gasteiger partial charge in [0.1, 0.15) is 5.60 Å². The lowest BCUT2D eigenvalue weighted by molar-refractivity contribution is -0.241. The van der Waals surface area contributed by atoms with Gasteiger partial charge in [0.15, 0.2) is 5.79 Å². The first-order valence-electron chi connectivity index (χ1n) is 8.27. The Hall–Kier alpha value is -0.900. The molecular formula is C18H25NO2. The zero-order valence-electron chi connectivity index (χ0n) is 13.0. The first-order valence-corrected chi connectivity index (χ1v) is 8.27. The molecule has 1 aromatic rings. The van der Waals surface area contributed by atoms with Gasteiger partial charge in [0.25, 0.3) is 0 Å². The second-order valence-electron chi connectivity index (χ2n) is 7.33. The predicted molar refractivity (Wildman–Crippen MR) is 81.7 cm³/mol. The highest BCUT2D eigenvalue weighted by atomic mass is 16.6. The molecule has 3 heterocycles. The lowest BCUT2D eigenvalue weighted by Gasteiger charge is -2.51. The Labute approximate surface area is 126 Å². The van der Waals surface area contributed by atoms with E-state index in [0.29, 0.717) is 24.4 Å². The summed E-state index contributed by atoms with van der Waals surface area (Å²) >= 11 is 0. The first kappa shape index (κ1) is 13.7. The van der Waals surface area contributed by atoms with E-state index < -0.39 is 5.79 Å². The number of ether oxygens (including phenoxy) is 1. The molecule has 5 atom stereocenters. The van der Waals surface area contributed by atoms with Crippen LogP contribution in [0.1, 0.15) is 45.1 Å². The monoisotopic (exact) mass is 287 g/mol. The van der Waals surface area contributed by atoms with Gasteiger partial charge in [0, 0.05) is 18.5 Å². The molecule has 0 unspecified atom stereocenters. The molecule has 0 saturated carbocycles. The molecule has 3 heteroatoms. The highest BCUT2D eigenvalue weighted by molar-refractivity contribution is 5.30. The van der Waals surface area contributed by atoms with Crippen molar-refractivity contribution in [2.24, 2.45) is 5.92 Å². The van der Waals surface area contributed by atoms with E-state index in [0.717, 1.165) is 6.54 Å². The van der Waals surface area contributed by atoms with Crippen LogP contribution in [0.5, 0.6) is 0 Å². The Morgan fingerprint density at radius 3 is 2.81 bits per heavy atom. The van der Waals surface area contributed by atoms with Gasteiger partial charge in [-0.3, -0.25) is 4.90 Å². The van der Waals surface area contributed by atoms with Crippen molar-refractivity contribution in [3.8, 4) is 0 Å². The molecule has 0 bridgehead atoms. The van der Waals surface area contributed by atoms with Crippen LogP contribution in [0.2, 0.25) is 0 Å². The second kappa shape index (κ2) is 4.55. The van der Waals surface area contributed by atoms with Gasteiger partial charge < -0.3 is 9.84 Å². The Kier molecular flexibility index (Phi) is 2.97. The third kappa shape index (κ3) is 1.91. The maximum Gasteiger partial charge on any atom is 0.165 e. The Morgan fingerprint density at radius 1 is 1.29 bits per heavy atom. The summed E-state index contributed by atoms with van der Waals surface area (Å²) in [5.41, 5.74) is 0.872. The van der Waals surface area contributed by atoms with Crippen LogP contribution in [0.3, 0.4) is 0 Å². The minimum Gasteiger partial charge on any atom is -0.366 e. The SMILES string of the molecule is C[C@H]1C[C@H]2CCCN2[C@H]2C[C@@](C)(O)O[C@]21c1ccccc1. The predicted octanol–water partition coefficient (Wildman–Crippen LogP) is 2.88. The summed E-state index contributed by atoms with van der Waals surface area (Å²) in [6.07, 6.45) is 4.46. The van der Waals surface area contributed by atoms with Gasteiger partial charge in [-0.1, -0.05) is 37.3 Å². The number of hydrogen-bond acceptors (Lipinski definition) is 3. The fourth-order valence-electron chi connectivity index (χ4n) is 5.12. The summed E-state index contributed by atoms with van der Waals surface area (Å²) in [6.45, 7) is 5.28. The summed E-state index contributed by atoms with van der Waals surface area (Å²) in [5, 5.41) is 10.6.